The monoisotopic (exact) mass is 480 g/mol. The van der Waals surface area contributed by atoms with E-state index in [9.17, 15) is 4.79 Å². The zero-order valence-corrected chi connectivity index (χ0v) is 20.9. The topological polar surface area (TPSA) is 71.3 Å². The van der Waals surface area contributed by atoms with Gasteiger partial charge in [-0.05, 0) is 74.5 Å². The number of rotatable bonds is 8. The molecular weight excluding hydrogens is 448 g/mol. The summed E-state index contributed by atoms with van der Waals surface area (Å²) in [7, 11) is 0. The Bertz CT molecular complexity index is 1070. The van der Waals surface area contributed by atoms with Gasteiger partial charge < -0.3 is 9.84 Å². The third-order valence-electron chi connectivity index (χ3n) is 6.65. The lowest BCUT2D eigenvalue weighted by molar-refractivity contribution is -0.127. The summed E-state index contributed by atoms with van der Waals surface area (Å²) in [5.41, 5.74) is 2.18. The van der Waals surface area contributed by atoms with Crippen LogP contribution in [0.3, 0.4) is 0 Å². The smallest absolute Gasteiger partial charge is 0.241 e. The number of benzene rings is 2. The number of hydrogen-bond donors (Lipinski definition) is 1. The molecular formula is C27H33ClN4O2. The second-order valence-electron chi connectivity index (χ2n) is 9.93. The number of nitrogens with zero attached hydrogens (tertiary/aromatic N) is 3. The van der Waals surface area contributed by atoms with Gasteiger partial charge in [0.2, 0.25) is 17.6 Å². The molecule has 1 unspecified atom stereocenters. The molecule has 0 radical (unpaired) electrons. The number of hydrogen-bond acceptors (Lipinski definition) is 5. The van der Waals surface area contributed by atoms with Crippen LogP contribution in [0.5, 0.6) is 0 Å². The molecule has 3 aromatic rings. The van der Waals surface area contributed by atoms with E-state index in [-0.39, 0.29) is 23.3 Å². The number of halogens is 1. The molecule has 1 aliphatic rings. The predicted octanol–water partition coefficient (Wildman–Crippen LogP) is 5.47. The van der Waals surface area contributed by atoms with Crippen molar-refractivity contribution in [1.29, 1.82) is 0 Å². The molecule has 180 valence electrons. The van der Waals surface area contributed by atoms with Crippen LogP contribution in [0.1, 0.15) is 51.5 Å². The van der Waals surface area contributed by atoms with Crippen molar-refractivity contribution < 1.29 is 9.32 Å². The van der Waals surface area contributed by atoms with E-state index in [1.54, 1.807) is 0 Å². The molecule has 0 saturated carbocycles. The molecule has 0 spiro atoms. The molecule has 7 heteroatoms. The number of amides is 1. The largest absolute Gasteiger partial charge is 0.353 e. The molecule has 4 rings (SSSR count). The average molecular weight is 481 g/mol. The van der Waals surface area contributed by atoms with Gasteiger partial charge >= 0.3 is 0 Å². The van der Waals surface area contributed by atoms with Crippen molar-refractivity contribution in [3.8, 4) is 11.4 Å². The van der Waals surface area contributed by atoms with Crippen LogP contribution >= 0.6 is 11.6 Å². The number of carbonyl (C=O) groups is 1. The molecule has 1 saturated heterocycles. The van der Waals surface area contributed by atoms with E-state index in [1.807, 2.05) is 30.3 Å². The maximum absolute atomic E-state index is 12.9. The van der Waals surface area contributed by atoms with Crippen molar-refractivity contribution in [3.63, 3.8) is 0 Å². The van der Waals surface area contributed by atoms with Gasteiger partial charge in [-0.1, -0.05) is 60.9 Å². The lowest BCUT2D eigenvalue weighted by Crippen LogP contribution is -2.44. The van der Waals surface area contributed by atoms with Crippen molar-refractivity contribution in [2.45, 2.75) is 58.0 Å². The Balaban J connectivity index is 1.23. The number of piperidine rings is 1. The van der Waals surface area contributed by atoms with Crippen LogP contribution in [-0.2, 0) is 16.8 Å². The third kappa shape index (κ3) is 6.24. The quantitative estimate of drug-likeness (QED) is 0.462. The molecule has 1 aromatic heterocycles. The molecule has 1 N–H and O–H groups in total. The minimum absolute atomic E-state index is 0.00621. The summed E-state index contributed by atoms with van der Waals surface area (Å²) < 4.78 is 5.45. The summed E-state index contributed by atoms with van der Waals surface area (Å²) >= 11 is 5.95. The highest BCUT2D eigenvalue weighted by Gasteiger charge is 2.29. The molecule has 1 fully saturated rings. The Morgan fingerprint density at radius 3 is 2.50 bits per heavy atom. The number of likely N-dealkylation sites (tertiary alicyclic amines) is 1. The molecule has 1 amide bonds. The lowest BCUT2D eigenvalue weighted by atomic mass is 9.79. The van der Waals surface area contributed by atoms with E-state index in [1.165, 1.54) is 5.56 Å². The van der Waals surface area contributed by atoms with Gasteiger partial charge in [-0.3, -0.25) is 9.69 Å². The molecule has 2 heterocycles. The molecule has 1 atom stereocenters. The van der Waals surface area contributed by atoms with Gasteiger partial charge in [-0.25, -0.2) is 0 Å². The molecule has 6 nitrogen and oxygen atoms in total. The first-order chi connectivity index (χ1) is 16.3. The summed E-state index contributed by atoms with van der Waals surface area (Å²) in [4.78, 5) is 19.7. The summed E-state index contributed by atoms with van der Waals surface area (Å²) in [5, 5.41) is 8.02. The number of aromatic nitrogens is 2. The van der Waals surface area contributed by atoms with Crippen LogP contribution in [0.2, 0.25) is 5.02 Å². The lowest BCUT2D eigenvalue weighted by Gasteiger charge is -2.32. The van der Waals surface area contributed by atoms with Crippen LogP contribution < -0.4 is 5.32 Å². The Morgan fingerprint density at radius 2 is 1.82 bits per heavy atom. The van der Waals surface area contributed by atoms with E-state index in [0.29, 0.717) is 23.3 Å². The molecule has 0 bridgehead atoms. The van der Waals surface area contributed by atoms with Gasteiger partial charge in [0.1, 0.15) is 0 Å². The Morgan fingerprint density at radius 1 is 1.15 bits per heavy atom. The highest BCUT2D eigenvalue weighted by Crippen LogP contribution is 2.28. The first-order valence-corrected chi connectivity index (χ1v) is 12.3. The van der Waals surface area contributed by atoms with E-state index in [2.05, 4.69) is 65.4 Å². The van der Waals surface area contributed by atoms with Gasteiger partial charge in [0, 0.05) is 22.5 Å². The highest BCUT2D eigenvalue weighted by atomic mass is 35.5. The maximum Gasteiger partial charge on any atom is 0.241 e. The molecule has 1 aliphatic heterocycles. The van der Waals surface area contributed by atoms with Crippen molar-refractivity contribution >= 4 is 17.5 Å². The van der Waals surface area contributed by atoms with Crippen LogP contribution in [0, 0.1) is 5.92 Å². The fraction of sp³-hybridized carbons (Fsp3) is 0.444. The first kappa shape index (κ1) is 24.4. The zero-order valence-electron chi connectivity index (χ0n) is 20.1. The van der Waals surface area contributed by atoms with E-state index in [4.69, 9.17) is 16.1 Å². The normalized spacial score (nSPS) is 16.4. The van der Waals surface area contributed by atoms with E-state index >= 15 is 0 Å². The molecule has 34 heavy (non-hydrogen) atoms. The Kier molecular flexibility index (Phi) is 7.69. The van der Waals surface area contributed by atoms with Gasteiger partial charge in [-0.15, -0.1) is 0 Å². The minimum Gasteiger partial charge on any atom is -0.353 e. The van der Waals surface area contributed by atoms with Crippen LogP contribution in [0.15, 0.2) is 59.1 Å². The van der Waals surface area contributed by atoms with Crippen LogP contribution in [0.4, 0.5) is 0 Å². The van der Waals surface area contributed by atoms with E-state index < -0.39 is 0 Å². The summed E-state index contributed by atoms with van der Waals surface area (Å²) in [6.45, 7) is 8.84. The summed E-state index contributed by atoms with van der Waals surface area (Å²) in [6, 6.07) is 18.0. The Labute approximate surface area is 206 Å². The van der Waals surface area contributed by atoms with Crippen LogP contribution in [0.25, 0.3) is 11.4 Å². The summed E-state index contributed by atoms with van der Waals surface area (Å²) in [6.07, 6.45) is 2.56. The zero-order chi connectivity index (χ0) is 24.1. The van der Waals surface area contributed by atoms with Crippen molar-refractivity contribution in [2.75, 3.05) is 13.1 Å². The molecule has 0 aliphatic carbocycles. The maximum atomic E-state index is 12.9. The average Bonchev–Trinajstić information content (AvgIpc) is 3.28. The fourth-order valence-electron chi connectivity index (χ4n) is 4.76. The second-order valence-corrected chi connectivity index (χ2v) is 10.4. The summed E-state index contributed by atoms with van der Waals surface area (Å²) in [5.74, 6) is 1.36. The van der Waals surface area contributed by atoms with Crippen molar-refractivity contribution in [1.82, 2.24) is 20.4 Å². The fourth-order valence-corrected chi connectivity index (χ4v) is 4.89. The predicted molar refractivity (Wildman–Crippen MR) is 134 cm³/mol. The van der Waals surface area contributed by atoms with Gasteiger partial charge in [0.05, 0.1) is 6.54 Å². The van der Waals surface area contributed by atoms with Crippen LogP contribution in [-0.4, -0.2) is 40.1 Å². The number of nitrogens with one attached hydrogen (secondary N) is 1. The first-order valence-electron chi connectivity index (χ1n) is 12.0. The van der Waals surface area contributed by atoms with Gasteiger partial charge in [-0.2, -0.15) is 4.98 Å². The highest BCUT2D eigenvalue weighted by molar-refractivity contribution is 6.30. The number of carbonyl (C=O) groups excluding carboxylic acids is 1. The standard InChI is InChI=1S/C27H33ClN4O2/c1-19(17-27(2,3)22-7-5-4-6-8-22)29-26(33)21-13-15-32(16-14-21)18-24-30-25(31-34-24)20-9-11-23(28)12-10-20/h4-12,19,21H,13-18H2,1-3H3,(H,29,33). The van der Waals surface area contributed by atoms with Gasteiger partial charge in [0.15, 0.2) is 0 Å². The third-order valence-corrected chi connectivity index (χ3v) is 6.90. The van der Waals surface area contributed by atoms with E-state index in [0.717, 1.165) is 37.9 Å². The van der Waals surface area contributed by atoms with Crippen molar-refractivity contribution in [3.05, 3.63) is 71.1 Å². The SMILES string of the molecule is CC(CC(C)(C)c1ccccc1)NC(=O)C1CCN(Cc2nc(-c3ccc(Cl)cc3)no2)CC1. The Hall–Kier alpha value is -2.70. The second kappa shape index (κ2) is 10.7. The minimum atomic E-state index is 0.00621. The van der Waals surface area contributed by atoms with Gasteiger partial charge in [0.25, 0.3) is 0 Å². The molecule has 2 aromatic carbocycles. The van der Waals surface area contributed by atoms with Crippen molar-refractivity contribution in [2.24, 2.45) is 5.92 Å².